The van der Waals surface area contributed by atoms with Crippen molar-refractivity contribution in [3.8, 4) is 5.75 Å². The Morgan fingerprint density at radius 1 is 1.19 bits per heavy atom. The van der Waals surface area contributed by atoms with E-state index in [-0.39, 0.29) is 11.5 Å². The Morgan fingerprint density at radius 3 is 2.55 bits per heavy atom. The summed E-state index contributed by atoms with van der Waals surface area (Å²) in [5.41, 5.74) is 1.18. The number of benzene rings is 2. The van der Waals surface area contributed by atoms with Crippen molar-refractivity contribution >= 4 is 39.0 Å². The van der Waals surface area contributed by atoms with Crippen LogP contribution in [0.25, 0.3) is 10.9 Å². The molecule has 0 bridgehead atoms. The van der Waals surface area contributed by atoms with Crippen molar-refractivity contribution < 1.29 is 14.3 Å². The summed E-state index contributed by atoms with van der Waals surface area (Å²) < 4.78 is 12.7. The molecule has 0 spiro atoms. The summed E-state index contributed by atoms with van der Waals surface area (Å²) in [5, 5.41) is 4.90. The van der Waals surface area contributed by atoms with Crippen LogP contribution in [0.5, 0.6) is 5.75 Å². The zero-order valence-corrected chi connectivity index (χ0v) is 19.4. The lowest BCUT2D eigenvalue weighted by molar-refractivity contribution is -0.150. The van der Waals surface area contributed by atoms with E-state index in [1.807, 2.05) is 26.0 Å². The number of carbonyl (C=O) groups excluding carboxylic acids is 1. The second kappa shape index (κ2) is 9.87. The molecule has 0 saturated heterocycles. The van der Waals surface area contributed by atoms with Crippen LogP contribution in [0.1, 0.15) is 45.0 Å². The van der Waals surface area contributed by atoms with E-state index in [1.165, 1.54) is 4.68 Å². The van der Waals surface area contributed by atoms with Gasteiger partial charge < -0.3 is 9.47 Å². The summed E-state index contributed by atoms with van der Waals surface area (Å²) in [7, 11) is 0. The molecule has 1 atom stereocenters. The van der Waals surface area contributed by atoms with Crippen molar-refractivity contribution in [2.24, 2.45) is 5.10 Å². The molecule has 3 rings (SSSR count). The number of rotatable bonds is 7. The summed E-state index contributed by atoms with van der Waals surface area (Å²) in [6, 6.07) is 12.5. The van der Waals surface area contributed by atoms with Gasteiger partial charge in [-0.05, 0) is 61.9 Å². The van der Waals surface area contributed by atoms with Crippen LogP contribution >= 0.6 is 15.9 Å². The van der Waals surface area contributed by atoms with Gasteiger partial charge in [0.05, 0.1) is 23.7 Å². The van der Waals surface area contributed by atoms with Crippen molar-refractivity contribution in [3.05, 3.63) is 68.7 Å². The van der Waals surface area contributed by atoms with Gasteiger partial charge in [-0.1, -0.05) is 29.8 Å². The van der Waals surface area contributed by atoms with Crippen LogP contribution < -0.4 is 10.3 Å². The SMILES string of the molecule is CCOC(=O)[C@@H](C)Oc1ccc(C=Nn2c(C(C)C)nc3ccc(Br)cc3c2=O)cc1. The quantitative estimate of drug-likeness (QED) is 0.363. The van der Waals surface area contributed by atoms with Gasteiger partial charge in [-0.2, -0.15) is 9.78 Å². The molecule has 0 unspecified atom stereocenters. The fraction of sp³-hybridized carbons (Fsp3) is 0.304. The Balaban J connectivity index is 1.87. The predicted molar refractivity (Wildman–Crippen MR) is 124 cm³/mol. The Bertz CT molecular complexity index is 1170. The molecule has 1 aromatic heterocycles. The largest absolute Gasteiger partial charge is 0.479 e. The van der Waals surface area contributed by atoms with Crippen molar-refractivity contribution in [2.75, 3.05) is 6.61 Å². The van der Waals surface area contributed by atoms with Crippen LogP contribution in [-0.2, 0) is 9.53 Å². The van der Waals surface area contributed by atoms with Crippen LogP contribution in [0.2, 0.25) is 0 Å². The molecule has 0 radical (unpaired) electrons. The van der Waals surface area contributed by atoms with Crippen molar-refractivity contribution in [1.82, 2.24) is 9.66 Å². The summed E-state index contributed by atoms with van der Waals surface area (Å²) in [6.07, 6.45) is 0.895. The Hall–Kier alpha value is -3.00. The average Bonchev–Trinajstić information content (AvgIpc) is 2.74. The molecule has 0 fully saturated rings. The number of aromatic nitrogens is 2. The summed E-state index contributed by atoms with van der Waals surface area (Å²) >= 11 is 3.40. The van der Waals surface area contributed by atoms with Gasteiger partial charge in [-0.25, -0.2) is 9.78 Å². The molecule has 3 aromatic rings. The average molecular weight is 486 g/mol. The van der Waals surface area contributed by atoms with Crippen molar-refractivity contribution in [1.29, 1.82) is 0 Å². The first-order valence-corrected chi connectivity index (χ1v) is 10.8. The molecule has 0 aliphatic rings. The van der Waals surface area contributed by atoms with Crippen LogP contribution in [0.15, 0.2) is 56.8 Å². The van der Waals surface area contributed by atoms with Gasteiger partial charge in [-0.3, -0.25) is 4.79 Å². The minimum absolute atomic E-state index is 0.0121. The third-order valence-corrected chi connectivity index (χ3v) is 4.98. The molecule has 0 aliphatic carbocycles. The zero-order chi connectivity index (χ0) is 22.5. The number of hydrogen-bond acceptors (Lipinski definition) is 6. The smallest absolute Gasteiger partial charge is 0.347 e. The van der Waals surface area contributed by atoms with E-state index in [0.29, 0.717) is 29.1 Å². The molecule has 162 valence electrons. The molecule has 0 aliphatic heterocycles. The van der Waals surface area contributed by atoms with Crippen molar-refractivity contribution in [2.45, 2.75) is 39.7 Å². The fourth-order valence-corrected chi connectivity index (χ4v) is 3.28. The Morgan fingerprint density at radius 2 is 1.90 bits per heavy atom. The van der Waals surface area contributed by atoms with Crippen LogP contribution in [-0.4, -0.2) is 34.6 Å². The first kappa shape index (κ1) is 22.7. The lowest BCUT2D eigenvalue weighted by Gasteiger charge is -2.13. The molecule has 31 heavy (non-hydrogen) atoms. The van der Waals surface area contributed by atoms with E-state index in [2.05, 4.69) is 26.0 Å². The highest BCUT2D eigenvalue weighted by Gasteiger charge is 2.16. The van der Waals surface area contributed by atoms with Crippen molar-refractivity contribution in [3.63, 3.8) is 0 Å². The standard InChI is InChI=1S/C23H24BrN3O4/c1-5-30-23(29)15(4)31-18-9-6-16(7-10-18)13-25-27-21(14(2)3)26-20-11-8-17(24)12-19(20)22(27)28/h6-15H,5H2,1-4H3/t15-/m1/s1. The highest BCUT2D eigenvalue weighted by atomic mass is 79.9. The zero-order valence-electron chi connectivity index (χ0n) is 17.8. The summed E-state index contributed by atoms with van der Waals surface area (Å²) in [6.45, 7) is 7.63. The maximum absolute atomic E-state index is 13.0. The topological polar surface area (TPSA) is 82.8 Å². The summed E-state index contributed by atoms with van der Waals surface area (Å²) in [4.78, 5) is 29.4. The predicted octanol–water partition coefficient (Wildman–Crippen LogP) is 4.50. The third kappa shape index (κ3) is 5.38. The van der Waals surface area contributed by atoms with Gasteiger partial charge in [0.2, 0.25) is 0 Å². The van der Waals surface area contributed by atoms with Gasteiger partial charge in [0, 0.05) is 10.4 Å². The minimum Gasteiger partial charge on any atom is -0.479 e. The van der Waals surface area contributed by atoms with E-state index in [4.69, 9.17) is 9.47 Å². The number of hydrogen-bond donors (Lipinski definition) is 0. The lowest BCUT2D eigenvalue weighted by Crippen LogP contribution is -2.26. The maximum Gasteiger partial charge on any atom is 0.347 e. The van der Waals surface area contributed by atoms with E-state index < -0.39 is 12.1 Å². The molecule has 1 heterocycles. The van der Waals surface area contributed by atoms with E-state index in [0.717, 1.165) is 10.0 Å². The molecule has 2 aromatic carbocycles. The van der Waals surface area contributed by atoms with Crippen LogP contribution in [0.4, 0.5) is 0 Å². The van der Waals surface area contributed by atoms with Gasteiger partial charge in [0.1, 0.15) is 11.6 Å². The van der Waals surface area contributed by atoms with Gasteiger partial charge in [0.15, 0.2) is 6.10 Å². The number of esters is 1. The fourth-order valence-electron chi connectivity index (χ4n) is 2.92. The molecule has 0 N–H and O–H groups in total. The van der Waals surface area contributed by atoms with E-state index >= 15 is 0 Å². The molecule has 8 heteroatoms. The monoisotopic (exact) mass is 485 g/mol. The Labute approximate surface area is 188 Å². The van der Waals surface area contributed by atoms with Gasteiger partial charge in [-0.15, -0.1) is 0 Å². The molecule has 7 nitrogen and oxygen atoms in total. The minimum atomic E-state index is -0.699. The van der Waals surface area contributed by atoms with Crippen LogP contribution in [0.3, 0.4) is 0 Å². The second-order valence-electron chi connectivity index (χ2n) is 7.23. The number of nitrogens with zero attached hydrogens (tertiary/aromatic N) is 3. The molecule has 0 saturated carbocycles. The number of halogens is 1. The first-order chi connectivity index (χ1) is 14.8. The van der Waals surface area contributed by atoms with Gasteiger partial charge >= 0.3 is 5.97 Å². The maximum atomic E-state index is 13.0. The lowest BCUT2D eigenvalue weighted by atomic mass is 10.2. The first-order valence-electron chi connectivity index (χ1n) is 10.00. The van der Waals surface area contributed by atoms with Crippen LogP contribution in [0, 0.1) is 0 Å². The molecule has 0 amide bonds. The number of fused-ring (bicyclic) bond motifs is 1. The highest BCUT2D eigenvalue weighted by molar-refractivity contribution is 9.10. The third-order valence-electron chi connectivity index (χ3n) is 4.48. The number of ether oxygens (including phenoxy) is 2. The van der Waals surface area contributed by atoms with E-state index in [9.17, 15) is 9.59 Å². The summed E-state index contributed by atoms with van der Waals surface area (Å²) in [5.74, 6) is 0.719. The molecular weight excluding hydrogens is 462 g/mol. The number of carbonyl (C=O) groups is 1. The highest BCUT2D eigenvalue weighted by Crippen LogP contribution is 2.19. The van der Waals surface area contributed by atoms with E-state index in [1.54, 1.807) is 50.4 Å². The van der Waals surface area contributed by atoms with Gasteiger partial charge in [0.25, 0.3) is 5.56 Å². The Kier molecular flexibility index (Phi) is 7.22. The molecular formula is C23H24BrN3O4. The second-order valence-corrected chi connectivity index (χ2v) is 8.14. The normalized spacial score (nSPS) is 12.5.